The zero-order valence-electron chi connectivity index (χ0n) is 11.6. The van der Waals surface area contributed by atoms with Gasteiger partial charge in [0.05, 0.1) is 17.1 Å². The number of nitrogens with zero attached hydrogens (tertiary/aromatic N) is 3. The van der Waals surface area contributed by atoms with Crippen molar-refractivity contribution in [1.82, 2.24) is 20.3 Å². The summed E-state index contributed by atoms with van der Waals surface area (Å²) in [5.41, 5.74) is 0.508. The van der Waals surface area contributed by atoms with Crippen LogP contribution in [0, 0.1) is 12.3 Å². The van der Waals surface area contributed by atoms with E-state index in [0.29, 0.717) is 23.1 Å². The van der Waals surface area contributed by atoms with Gasteiger partial charge < -0.3 is 15.2 Å². The molecule has 2 aliphatic heterocycles. The first-order valence-corrected chi connectivity index (χ1v) is 6.93. The van der Waals surface area contributed by atoms with Crippen molar-refractivity contribution in [3.8, 4) is 0 Å². The Morgan fingerprint density at radius 2 is 2.14 bits per heavy atom. The van der Waals surface area contributed by atoms with Crippen LogP contribution in [0.25, 0.3) is 10.9 Å². The predicted molar refractivity (Wildman–Crippen MR) is 77.2 cm³/mol. The maximum absolute atomic E-state index is 12.0. The number of aryl methyl sites for hydroxylation is 1. The summed E-state index contributed by atoms with van der Waals surface area (Å²) in [6, 6.07) is 1.78. The second-order valence-corrected chi connectivity index (χ2v) is 6.02. The van der Waals surface area contributed by atoms with Crippen LogP contribution < -0.4 is 15.8 Å². The van der Waals surface area contributed by atoms with Crippen molar-refractivity contribution in [3.63, 3.8) is 0 Å². The van der Waals surface area contributed by atoms with Gasteiger partial charge in [0.1, 0.15) is 11.6 Å². The highest BCUT2D eigenvalue weighted by Crippen LogP contribution is 2.38. The van der Waals surface area contributed by atoms with Crippen LogP contribution in [0.15, 0.2) is 17.1 Å². The van der Waals surface area contributed by atoms with Crippen LogP contribution in [0.2, 0.25) is 0 Å². The summed E-state index contributed by atoms with van der Waals surface area (Å²) in [6.07, 6.45) is 2.22. The average Bonchev–Trinajstić information content (AvgIpc) is 2.79. The first-order valence-electron chi connectivity index (χ1n) is 6.93. The molecule has 7 nitrogen and oxygen atoms in total. The molecule has 2 aromatic heterocycles. The topological polar surface area (TPSA) is 91.0 Å². The molecule has 4 rings (SSSR count). The van der Waals surface area contributed by atoms with E-state index < -0.39 is 0 Å². The molecule has 0 atom stereocenters. The minimum absolute atomic E-state index is 0.0473. The third kappa shape index (κ3) is 1.88. The Hall–Kier alpha value is -2.44. The van der Waals surface area contributed by atoms with Crippen molar-refractivity contribution in [2.75, 3.05) is 24.5 Å². The summed E-state index contributed by atoms with van der Waals surface area (Å²) in [7, 11) is 0. The molecule has 108 valence electrons. The molecule has 2 fully saturated rings. The molecule has 21 heavy (non-hydrogen) atoms. The lowest BCUT2D eigenvalue weighted by Crippen LogP contribution is -2.57. The van der Waals surface area contributed by atoms with Crippen LogP contribution >= 0.6 is 0 Å². The number of anilines is 1. The quantitative estimate of drug-likeness (QED) is 0.767. The van der Waals surface area contributed by atoms with E-state index in [-0.39, 0.29) is 16.9 Å². The molecule has 0 bridgehead atoms. The molecular weight excluding hydrogens is 270 g/mol. The van der Waals surface area contributed by atoms with Gasteiger partial charge in [0.15, 0.2) is 0 Å². The number of carbonyl (C=O) groups is 1. The zero-order chi connectivity index (χ0) is 14.6. The fraction of sp³-hybridized carbons (Fsp3) is 0.429. The van der Waals surface area contributed by atoms with E-state index in [9.17, 15) is 9.59 Å². The number of amides is 1. The van der Waals surface area contributed by atoms with Gasteiger partial charge in [-0.2, -0.15) is 0 Å². The number of aromatic amines is 1. The molecule has 7 heteroatoms. The minimum atomic E-state index is -0.144. The Bertz CT molecular complexity index is 807. The zero-order valence-corrected chi connectivity index (χ0v) is 11.6. The van der Waals surface area contributed by atoms with Gasteiger partial charge in [-0.1, -0.05) is 0 Å². The Kier molecular flexibility index (Phi) is 2.36. The van der Waals surface area contributed by atoms with Crippen LogP contribution in [-0.2, 0) is 4.79 Å². The normalized spacial score (nSPS) is 19.9. The number of H-pyrrole nitrogens is 1. The van der Waals surface area contributed by atoms with E-state index in [1.807, 2.05) is 0 Å². The van der Waals surface area contributed by atoms with Gasteiger partial charge in [-0.15, -0.1) is 0 Å². The molecule has 0 radical (unpaired) electrons. The van der Waals surface area contributed by atoms with E-state index in [4.69, 9.17) is 0 Å². The van der Waals surface area contributed by atoms with Crippen molar-refractivity contribution in [1.29, 1.82) is 0 Å². The lowest BCUT2D eigenvalue weighted by molar-refractivity contribution is -0.119. The number of hydrogen-bond acceptors (Lipinski definition) is 5. The molecule has 0 aromatic carbocycles. The Balaban J connectivity index is 1.64. The van der Waals surface area contributed by atoms with Gasteiger partial charge in [-0.05, 0) is 13.0 Å². The number of pyridine rings is 1. The number of rotatable bonds is 1. The fourth-order valence-electron chi connectivity index (χ4n) is 3.22. The van der Waals surface area contributed by atoms with Gasteiger partial charge >= 0.3 is 0 Å². The van der Waals surface area contributed by atoms with Crippen LogP contribution in [0.5, 0.6) is 0 Å². The number of hydrogen-bond donors (Lipinski definition) is 2. The number of fused-ring (bicyclic) bond motifs is 1. The van der Waals surface area contributed by atoms with Gasteiger partial charge in [0.2, 0.25) is 5.91 Å². The molecule has 2 N–H and O–H groups in total. The second-order valence-electron chi connectivity index (χ2n) is 6.02. The maximum Gasteiger partial charge on any atom is 0.258 e. The third-order valence-electron chi connectivity index (χ3n) is 4.27. The van der Waals surface area contributed by atoms with Gasteiger partial charge in [0, 0.05) is 31.5 Å². The lowest BCUT2D eigenvalue weighted by Gasteiger charge is -2.47. The molecule has 2 aromatic rings. The summed E-state index contributed by atoms with van der Waals surface area (Å²) < 4.78 is 0. The summed E-state index contributed by atoms with van der Waals surface area (Å²) in [5, 5.41) is 3.43. The number of carbonyl (C=O) groups excluding carboxylic acids is 1. The molecule has 0 saturated carbocycles. The molecule has 0 aliphatic carbocycles. The average molecular weight is 285 g/mol. The van der Waals surface area contributed by atoms with Gasteiger partial charge in [0.25, 0.3) is 5.56 Å². The number of nitrogens with one attached hydrogen (secondary N) is 2. The van der Waals surface area contributed by atoms with E-state index >= 15 is 0 Å². The van der Waals surface area contributed by atoms with Crippen LogP contribution in [0.3, 0.4) is 0 Å². The second kappa shape index (κ2) is 4.03. The summed E-state index contributed by atoms with van der Waals surface area (Å²) in [6.45, 7) is 4.07. The Morgan fingerprint density at radius 3 is 2.86 bits per heavy atom. The van der Waals surface area contributed by atoms with Crippen molar-refractivity contribution in [2.24, 2.45) is 5.41 Å². The standard InChI is InChI=1S/C14H15N5O2/c1-8-17-10-4-15-11(2-9(10)13(21)18-8)19-6-14(7-19)3-12(20)16-5-14/h2,4H,3,5-7H2,1H3,(H,16,20)(H,17,18,21). The van der Waals surface area contributed by atoms with Crippen molar-refractivity contribution in [3.05, 3.63) is 28.4 Å². The summed E-state index contributed by atoms with van der Waals surface area (Å²) in [4.78, 5) is 36.8. The highest BCUT2D eigenvalue weighted by Gasteiger charge is 2.48. The first-order chi connectivity index (χ1) is 10.0. The van der Waals surface area contributed by atoms with E-state index in [0.717, 1.165) is 25.5 Å². The van der Waals surface area contributed by atoms with Crippen LogP contribution in [0.4, 0.5) is 5.82 Å². The molecule has 1 spiro atoms. The van der Waals surface area contributed by atoms with Crippen molar-refractivity contribution >= 4 is 22.6 Å². The number of aromatic nitrogens is 3. The fourth-order valence-corrected chi connectivity index (χ4v) is 3.22. The SMILES string of the molecule is Cc1nc2cnc(N3CC4(CNC(=O)C4)C3)cc2c(=O)[nH]1. The van der Waals surface area contributed by atoms with Gasteiger partial charge in [-0.3, -0.25) is 9.59 Å². The molecule has 1 amide bonds. The lowest BCUT2D eigenvalue weighted by atomic mass is 9.79. The molecular formula is C14H15N5O2. The highest BCUT2D eigenvalue weighted by atomic mass is 16.2. The molecule has 4 heterocycles. The predicted octanol–water partition coefficient (Wildman–Crippen LogP) is -0.0472. The minimum Gasteiger partial charge on any atom is -0.355 e. The smallest absolute Gasteiger partial charge is 0.258 e. The monoisotopic (exact) mass is 285 g/mol. The van der Waals surface area contributed by atoms with Gasteiger partial charge in [-0.25, -0.2) is 9.97 Å². The van der Waals surface area contributed by atoms with Crippen LogP contribution in [0.1, 0.15) is 12.2 Å². The first kappa shape index (κ1) is 12.3. The molecule has 2 aliphatic rings. The largest absolute Gasteiger partial charge is 0.355 e. The summed E-state index contributed by atoms with van der Waals surface area (Å²) >= 11 is 0. The highest BCUT2D eigenvalue weighted by molar-refractivity contribution is 5.81. The maximum atomic E-state index is 12.0. The van der Waals surface area contributed by atoms with Crippen molar-refractivity contribution < 1.29 is 4.79 Å². The third-order valence-corrected chi connectivity index (χ3v) is 4.27. The van der Waals surface area contributed by atoms with Crippen LogP contribution in [-0.4, -0.2) is 40.5 Å². The van der Waals surface area contributed by atoms with E-state index in [1.165, 1.54) is 0 Å². The van der Waals surface area contributed by atoms with E-state index in [2.05, 4.69) is 25.2 Å². The van der Waals surface area contributed by atoms with Crippen molar-refractivity contribution in [2.45, 2.75) is 13.3 Å². The Labute approximate surface area is 120 Å². The molecule has 0 unspecified atom stereocenters. The molecule has 2 saturated heterocycles. The summed E-state index contributed by atoms with van der Waals surface area (Å²) in [5.74, 6) is 1.47. The Morgan fingerprint density at radius 1 is 1.33 bits per heavy atom. The van der Waals surface area contributed by atoms with E-state index in [1.54, 1.807) is 19.2 Å².